The standard InChI is InChI=1S/C32H28N6O3/c1-3-26(39)37-22-9-7-20(8-10-22)30-28-25-12-11-24(41-27-6-4-5-19(2)36-27)15-21(25)16-33-31-29(28)32(35-18-34-31)38(30)23-13-14-40-17-23/h3-12,15,18,23H,1,13-14,16-17H2,2H3,(H,37,39)(H,33,34,35). The van der Waals surface area contributed by atoms with Gasteiger partial charge in [-0.05, 0) is 66.4 Å². The topological polar surface area (TPSA) is 103 Å². The lowest BCUT2D eigenvalue weighted by atomic mass is 9.95. The highest BCUT2D eigenvalue weighted by atomic mass is 16.5. The van der Waals surface area contributed by atoms with Crippen molar-refractivity contribution in [2.75, 3.05) is 23.8 Å². The molecule has 2 aromatic carbocycles. The minimum atomic E-state index is -0.250. The van der Waals surface area contributed by atoms with Gasteiger partial charge in [-0.15, -0.1) is 0 Å². The summed E-state index contributed by atoms with van der Waals surface area (Å²) >= 11 is 0. The van der Waals surface area contributed by atoms with Crippen molar-refractivity contribution in [2.45, 2.75) is 25.9 Å². The molecule has 0 radical (unpaired) electrons. The van der Waals surface area contributed by atoms with E-state index >= 15 is 0 Å². The van der Waals surface area contributed by atoms with Crippen LogP contribution in [0.5, 0.6) is 11.6 Å². The lowest BCUT2D eigenvalue weighted by Crippen LogP contribution is -2.12. The molecule has 2 aliphatic heterocycles. The highest BCUT2D eigenvalue weighted by Gasteiger charge is 2.32. The maximum absolute atomic E-state index is 11.9. The zero-order valence-corrected chi connectivity index (χ0v) is 22.6. The van der Waals surface area contributed by atoms with E-state index in [0.29, 0.717) is 37.1 Å². The van der Waals surface area contributed by atoms with E-state index < -0.39 is 0 Å². The molecule has 0 aliphatic carbocycles. The van der Waals surface area contributed by atoms with Gasteiger partial charge in [-0.3, -0.25) is 4.79 Å². The SMILES string of the molecule is C=CC(=O)Nc1ccc(-c2c3c4c(ncnc4n2C2CCOC2)NCc2cc(Oc4cccc(C)n4)ccc2-3)cc1. The first kappa shape index (κ1) is 25.0. The van der Waals surface area contributed by atoms with E-state index in [-0.39, 0.29) is 11.9 Å². The Hall–Kier alpha value is -5.02. The normalized spacial score (nSPS) is 15.6. The van der Waals surface area contributed by atoms with Crippen LogP contribution in [0.4, 0.5) is 11.5 Å². The molecule has 2 N–H and O–H groups in total. The molecule has 0 bridgehead atoms. The van der Waals surface area contributed by atoms with E-state index in [1.807, 2.05) is 55.5 Å². The van der Waals surface area contributed by atoms with Crippen LogP contribution >= 0.6 is 0 Å². The second kappa shape index (κ2) is 10.2. The number of aromatic nitrogens is 4. The Bertz CT molecular complexity index is 1810. The van der Waals surface area contributed by atoms with Crippen LogP contribution < -0.4 is 15.4 Å². The number of fused-ring (bicyclic) bond motifs is 2. The minimum absolute atomic E-state index is 0.127. The summed E-state index contributed by atoms with van der Waals surface area (Å²) in [5.74, 6) is 1.81. The second-order valence-electron chi connectivity index (χ2n) is 10.2. The molecule has 1 unspecified atom stereocenters. The maximum atomic E-state index is 11.9. The number of benzene rings is 2. The lowest BCUT2D eigenvalue weighted by molar-refractivity contribution is -0.111. The molecule has 2 aliphatic rings. The number of amides is 1. The van der Waals surface area contributed by atoms with Gasteiger partial charge in [0.2, 0.25) is 11.8 Å². The molecule has 0 spiro atoms. The number of nitrogens with one attached hydrogen (secondary N) is 2. The molecule has 5 heterocycles. The van der Waals surface area contributed by atoms with Gasteiger partial charge in [-0.1, -0.05) is 30.8 Å². The van der Waals surface area contributed by atoms with Gasteiger partial charge < -0.3 is 24.7 Å². The van der Waals surface area contributed by atoms with E-state index in [4.69, 9.17) is 14.5 Å². The van der Waals surface area contributed by atoms with Gasteiger partial charge in [0.05, 0.1) is 23.7 Å². The van der Waals surface area contributed by atoms with Crippen molar-refractivity contribution in [3.05, 3.63) is 90.9 Å². The average molecular weight is 545 g/mol. The highest BCUT2D eigenvalue weighted by molar-refractivity contribution is 6.10. The highest BCUT2D eigenvalue weighted by Crippen LogP contribution is 2.48. The van der Waals surface area contributed by atoms with Crippen LogP contribution in [-0.2, 0) is 16.1 Å². The lowest BCUT2D eigenvalue weighted by Gasteiger charge is -2.19. The molecule has 41 heavy (non-hydrogen) atoms. The number of hydrogen-bond acceptors (Lipinski definition) is 7. The Labute approximate surface area is 236 Å². The zero-order chi connectivity index (χ0) is 27.9. The molecule has 0 saturated carbocycles. The Morgan fingerprint density at radius 3 is 2.83 bits per heavy atom. The van der Waals surface area contributed by atoms with Crippen molar-refractivity contribution in [1.29, 1.82) is 0 Å². The molecule has 5 aromatic rings. The minimum Gasteiger partial charge on any atom is -0.439 e. The van der Waals surface area contributed by atoms with E-state index in [2.05, 4.69) is 43.9 Å². The molecule has 1 saturated heterocycles. The summed E-state index contributed by atoms with van der Waals surface area (Å²) in [5.41, 5.74) is 7.72. The number of rotatable bonds is 6. The fourth-order valence-electron chi connectivity index (χ4n) is 5.70. The Morgan fingerprint density at radius 1 is 1.17 bits per heavy atom. The molecular weight excluding hydrogens is 516 g/mol. The van der Waals surface area contributed by atoms with Crippen LogP contribution in [0.3, 0.4) is 0 Å². The van der Waals surface area contributed by atoms with Crippen LogP contribution in [0.25, 0.3) is 33.4 Å². The summed E-state index contributed by atoms with van der Waals surface area (Å²) in [7, 11) is 0. The van der Waals surface area contributed by atoms with E-state index in [1.54, 1.807) is 6.33 Å². The number of carbonyl (C=O) groups excluding carboxylic acids is 1. The zero-order valence-electron chi connectivity index (χ0n) is 22.6. The van der Waals surface area contributed by atoms with Crippen LogP contribution in [0.15, 0.2) is 79.6 Å². The van der Waals surface area contributed by atoms with Crippen molar-refractivity contribution >= 4 is 28.4 Å². The van der Waals surface area contributed by atoms with Gasteiger partial charge in [-0.2, -0.15) is 0 Å². The molecule has 1 amide bonds. The van der Waals surface area contributed by atoms with Crippen LogP contribution in [0.1, 0.15) is 23.7 Å². The number of pyridine rings is 1. The van der Waals surface area contributed by atoms with Crippen molar-refractivity contribution in [1.82, 2.24) is 19.5 Å². The molecule has 204 valence electrons. The van der Waals surface area contributed by atoms with Crippen molar-refractivity contribution < 1.29 is 14.3 Å². The van der Waals surface area contributed by atoms with Crippen molar-refractivity contribution in [3.8, 4) is 34.0 Å². The monoisotopic (exact) mass is 544 g/mol. The summed E-state index contributed by atoms with van der Waals surface area (Å²) in [6, 6.07) is 19.9. The summed E-state index contributed by atoms with van der Waals surface area (Å²) in [6.45, 7) is 7.38. The van der Waals surface area contributed by atoms with Crippen molar-refractivity contribution in [2.24, 2.45) is 0 Å². The summed E-state index contributed by atoms with van der Waals surface area (Å²) in [6.07, 6.45) is 3.77. The number of ether oxygens (including phenoxy) is 2. The maximum Gasteiger partial charge on any atom is 0.247 e. The molecule has 3 aromatic heterocycles. The number of hydrogen-bond donors (Lipinski definition) is 2. The van der Waals surface area contributed by atoms with Gasteiger partial charge in [0.1, 0.15) is 23.5 Å². The number of aryl methyl sites for hydroxylation is 1. The third-order valence-electron chi connectivity index (χ3n) is 7.54. The third kappa shape index (κ3) is 4.50. The Kier molecular flexibility index (Phi) is 6.20. The van der Waals surface area contributed by atoms with Gasteiger partial charge in [0, 0.05) is 36.2 Å². The van der Waals surface area contributed by atoms with Crippen LogP contribution in [0.2, 0.25) is 0 Å². The van der Waals surface area contributed by atoms with Gasteiger partial charge in [0.25, 0.3) is 0 Å². The Morgan fingerprint density at radius 2 is 2.05 bits per heavy atom. The van der Waals surface area contributed by atoms with Gasteiger partial charge in [-0.25, -0.2) is 15.0 Å². The molecule has 9 heteroatoms. The average Bonchev–Trinajstić information content (AvgIpc) is 3.59. The molecule has 7 rings (SSSR count). The largest absolute Gasteiger partial charge is 0.439 e. The predicted molar refractivity (Wildman–Crippen MR) is 158 cm³/mol. The quantitative estimate of drug-likeness (QED) is 0.243. The summed E-state index contributed by atoms with van der Waals surface area (Å²) in [5, 5.41) is 7.36. The molecular formula is C32H28N6O3. The van der Waals surface area contributed by atoms with Gasteiger partial charge >= 0.3 is 0 Å². The van der Waals surface area contributed by atoms with Crippen molar-refractivity contribution in [3.63, 3.8) is 0 Å². The smallest absolute Gasteiger partial charge is 0.247 e. The first-order chi connectivity index (χ1) is 20.1. The van der Waals surface area contributed by atoms with Crippen LogP contribution in [0, 0.1) is 6.92 Å². The predicted octanol–water partition coefficient (Wildman–Crippen LogP) is 6.27. The first-order valence-electron chi connectivity index (χ1n) is 13.6. The van der Waals surface area contributed by atoms with E-state index in [9.17, 15) is 4.79 Å². The van der Waals surface area contributed by atoms with Crippen LogP contribution in [-0.4, -0.2) is 38.6 Å². The summed E-state index contributed by atoms with van der Waals surface area (Å²) < 4.78 is 14.3. The molecule has 1 atom stereocenters. The number of anilines is 2. The first-order valence-corrected chi connectivity index (χ1v) is 13.6. The summed E-state index contributed by atoms with van der Waals surface area (Å²) in [4.78, 5) is 25.8. The molecule has 1 fully saturated rings. The second-order valence-corrected chi connectivity index (χ2v) is 10.2. The van der Waals surface area contributed by atoms with Gasteiger partial charge in [0.15, 0.2) is 0 Å². The third-order valence-corrected chi connectivity index (χ3v) is 7.54. The number of carbonyl (C=O) groups is 1. The van der Waals surface area contributed by atoms with E-state index in [1.165, 1.54) is 6.08 Å². The fraction of sp³-hybridized carbons (Fsp3) is 0.188. The van der Waals surface area contributed by atoms with E-state index in [0.717, 1.165) is 56.9 Å². The Balaban J connectivity index is 1.41. The molecule has 9 nitrogen and oxygen atoms in total. The number of nitrogens with zero attached hydrogens (tertiary/aromatic N) is 4. The fourth-order valence-corrected chi connectivity index (χ4v) is 5.70.